The first-order valence-electron chi connectivity index (χ1n) is 8.40. The van der Waals surface area contributed by atoms with Gasteiger partial charge in [-0.2, -0.15) is 0 Å². The van der Waals surface area contributed by atoms with E-state index < -0.39 is 4.92 Å². The molecule has 2 aromatic heterocycles. The number of nitro groups is 1. The van der Waals surface area contributed by atoms with Crippen molar-refractivity contribution in [2.24, 2.45) is 0 Å². The first kappa shape index (κ1) is 17.7. The Bertz CT molecular complexity index is 968. The van der Waals surface area contributed by atoms with Crippen LogP contribution in [0.1, 0.15) is 21.4 Å². The van der Waals surface area contributed by atoms with Gasteiger partial charge in [0.2, 0.25) is 0 Å². The van der Waals surface area contributed by atoms with E-state index >= 15 is 0 Å². The average molecular weight is 400 g/mol. The third kappa shape index (κ3) is 3.58. The number of thiophene rings is 2. The Balaban J connectivity index is 1.52. The Labute approximate surface area is 163 Å². The number of carbonyl (C=O) groups is 1. The lowest BCUT2D eigenvalue weighted by Gasteiger charge is -2.35. The minimum Gasteiger partial charge on any atom is -0.484 e. The quantitative estimate of drug-likeness (QED) is 0.474. The summed E-state index contributed by atoms with van der Waals surface area (Å²) in [5.41, 5.74) is 1.12. The maximum Gasteiger partial charge on any atom is 0.273 e. The van der Waals surface area contributed by atoms with Crippen LogP contribution in [0.5, 0.6) is 5.75 Å². The minimum absolute atomic E-state index is 0.0581. The highest BCUT2D eigenvalue weighted by Gasteiger charge is 2.33. The van der Waals surface area contributed by atoms with E-state index in [0.29, 0.717) is 12.3 Å². The molecule has 4 rings (SSSR count). The summed E-state index contributed by atoms with van der Waals surface area (Å²) in [5.74, 6) is 0.190. The second-order valence-electron chi connectivity index (χ2n) is 6.10. The van der Waals surface area contributed by atoms with Crippen LogP contribution in [0.15, 0.2) is 53.2 Å². The van der Waals surface area contributed by atoms with Crippen molar-refractivity contribution >= 4 is 34.3 Å². The molecule has 0 aliphatic carbocycles. The van der Waals surface area contributed by atoms with E-state index in [0.717, 1.165) is 11.3 Å². The second-order valence-corrected chi connectivity index (χ2v) is 8.08. The fourth-order valence-electron chi connectivity index (χ4n) is 3.25. The molecule has 0 N–H and O–H groups in total. The first-order chi connectivity index (χ1) is 13.1. The number of rotatable bonds is 5. The molecule has 1 unspecified atom stereocenters. The summed E-state index contributed by atoms with van der Waals surface area (Å²) < 4.78 is 5.56. The molecule has 0 saturated carbocycles. The number of hydrogen-bond donors (Lipinski definition) is 0. The predicted octanol–water partition coefficient (Wildman–Crippen LogP) is 4.27. The number of amides is 1. The molecule has 1 amide bonds. The van der Waals surface area contributed by atoms with Crippen molar-refractivity contribution in [3.8, 4) is 5.75 Å². The van der Waals surface area contributed by atoms with Crippen LogP contribution >= 0.6 is 22.7 Å². The van der Waals surface area contributed by atoms with Gasteiger partial charge in [-0.1, -0.05) is 12.1 Å². The van der Waals surface area contributed by atoms with Crippen molar-refractivity contribution in [2.45, 2.75) is 12.5 Å². The SMILES string of the molecule is O=C(COc1cccc([N+](=O)[O-])c1)N1CCc2sccc2C1c1cccs1. The lowest BCUT2D eigenvalue weighted by molar-refractivity contribution is -0.384. The largest absolute Gasteiger partial charge is 0.484 e. The molecular formula is C19H16N2O4S2. The van der Waals surface area contributed by atoms with Gasteiger partial charge in [-0.15, -0.1) is 22.7 Å². The molecule has 0 radical (unpaired) electrons. The highest BCUT2D eigenvalue weighted by Crippen LogP contribution is 2.39. The highest BCUT2D eigenvalue weighted by atomic mass is 32.1. The fourth-order valence-corrected chi connectivity index (χ4v) is 5.01. The third-order valence-electron chi connectivity index (χ3n) is 4.49. The number of ether oxygens (including phenoxy) is 1. The Morgan fingerprint density at radius 2 is 2.11 bits per heavy atom. The molecule has 8 heteroatoms. The summed E-state index contributed by atoms with van der Waals surface area (Å²) in [6, 6.07) is 11.9. The van der Waals surface area contributed by atoms with Gasteiger partial charge in [-0.25, -0.2) is 0 Å². The predicted molar refractivity (Wildman–Crippen MR) is 104 cm³/mol. The number of carbonyl (C=O) groups excluding carboxylic acids is 1. The Morgan fingerprint density at radius 1 is 1.22 bits per heavy atom. The molecule has 3 heterocycles. The summed E-state index contributed by atoms with van der Waals surface area (Å²) in [5, 5.41) is 15.0. The van der Waals surface area contributed by atoms with Crippen LogP contribution in [-0.2, 0) is 11.2 Å². The lowest BCUT2D eigenvalue weighted by Crippen LogP contribution is -2.42. The van der Waals surface area contributed by atoms with E-state index in [-0.39, 0.29) is 24.2 Å². The molecule has 0 fully saturated rings. The molecule has 3 aromatic rings. The van der Waals surface area contributed by atoms with E-state index in [4.69, 9.17) is 4.74 Å². The maximum absolute atomic E-state index is 12.9. The van der Waals surface area contributed by atoms with Gasteiger partial charge in [-0.05, 0) is 40.9 Å². The molecule has 1 aliphatic rings. The molecule has 6 nitrogen and oxygen atoms in total. The van der Waals surface area contributed by atoms with Gasteiger partial charge >= 0.3 is 0 Å². The molecule has 0 bridgehead atoms. The van der Waals surface area contributed by atoms with Gasteiger partial charge in [0.1, 0.15) is 5.75 Å². The topological polar surface area (TPSA) is 72.7 Å². The normalized spacial score (nSPS) is 16.0. The van der Waals surface area contributed by atoms with Crippen molar-refractivity contribution in [3.63, 3.8) is 0 Å². The Hall–Kier alpha value is -2.71. The van der Waals surface area contributed by atoms with Gasteiger partial charge in [0.05, 0.1) is 17.0 Å². The monoisotopic (exact) mass is 400 g/mol. The minimum atomic E-state index is -0.482. The molecule has 1 atom stereocenters. The van der Waals surface area contributed by atoms with E-state index in [1.54, 1.807) is 34.8 Å². The summed E-state index contributed by atoms with van der Waals surface area (Å²) >= 11 is 3.36. The van der Waals surface area contributed by atoms with Crippen LogP contribution in [0.4, 0.5) is 5.69 Å². The molecule has 0 saturated heterocycles. The Kier molecular flexibility index (Phi) is 4.91. The zero-order valence-electron chi connectivity index (χ0n) is 14.2. The van der Waals surface area contributed by atoms with Crippen LogP contribution in [0.25, 0.3) is 0 Å². The molecule has 138 valence electrons. The summed E-state index contributed by atoms with van der Waals surface area (Å²) in [6.45, 7) is 0.482. The van der Waals surface area contributed by atoms with Crippen LogP contribution in [0, 0.1) is 10.1 Å². The van der Waals surface area contributed by atoms with E-state index in [2.05, 4.69) is 11.4 Å². The third-order valence-corrected chi connectivity index (χ3v) is 6.41. The van der Waals surface area contributed by atoms with E-state index in [1.165, 1.54) is 22.6 Å². The zero-order chi connectivity index (χ0) is 18.8. The van der Waals surface area contributed by atoms with Gasteiger partial charge in [0.25, 0.3) is 11.6 Å². The van der Waals surface area contributed by atoms with E-state index in [1.807, 2.05) is 22.4 Å². The van der Waals surface area contributed by atoms with Crippen LogP contribution in [0.3, 0.4) is 0 Å². The van der Waals surface area contributed by atoms with Crippen molar-refractivity contribution < 1.29 is 14.5 Å². The number of fused-ring (bicyclic) bond motifs is 1. The van der Waals surface area contributed by atoms with Crippen molar-refractivity contribution in [3.05, 3.63) is 78.7 Å². The van der Waals surface area contributed by atoms with Crippen LogP contribution in [0.2, 0.25) is 0 Å². The average Bonchev–Trinajstić information content (AvgIpc) is 3.37. The van der Waals surface area contributed by atoms with Crippen molar-refractivity contribution in [2.75, 3.05) is 13.2 Å². The van der Waals surface area contributed by atoms with Crippen LogP contribution < -0.4 is 4.74 Å². The highest BCUT2D eigenvalue weighted by molar-refractivity contribution is 7.10. The fraction of sp³-hybridized carbons (Fsp3) is 0.211. The van der Waals surface area contributed by atoms with Crippen molar-refractivity contribution in [1.29, 1.82) is 0 Å². The van der Waals surface area contributed by atoms with Gasteiger partial charge in [-0.3, -0.25) is 14.9 Å². The standard InChI is InChI=1S/C19H16N2O4S2/c22-18(12-25-14-4-1-3-13(11-14)21(23)24)20-8-6-16-15(7-10-27-16)19(20)17-5-2-9-26-17/h1-5,7,9-11,19H,6,8,12H2. The number of nitrogens with zero attached hydrogens (tertiary/aromatic N) is 2. The van der Waals surface area contributed by atoms with Gasteiger partial charge < -0.3 is 9.64 Å². The summed E-state index contributed by atoms with van der Waals surface area (Å²) in [4.78, 5) is 27.6. The second kappa shape index (κ2) is 7.50. The molecule has 1 aromatic carbocycles. The summed E-state index contributed by atoms with van der Waals surface area (Å²) in [7, 11) is 0. The number of hydrogen-bond acceptors (Lipinski definition) is 6. The smallest absolute Gasteiger partial charge is 0.273 e. The number of non-ortho nitro benzene ring substituents is 1. The summed E-state index contributed by atoms with van der Waals surface area (Å²) in [6.07, 6.45) is 0.831. The lowest BCUT2D eigenvalue weighted by atomic mass is 9.98. The molecular weight excluding hydrogens is 384 g/mol. The Morgan fingerprint density at radius 3 is 2.89 bits per heavy atom. The first-order valence-corrected chi connectivity index (χ1v) is 10.2. The number of nitro benzene ring substituents is 1. The van der Waals surface area contributed by atoms with Gasteiger partial charge in [0, 0.05) is 22.4 Å². The molecule has 1 aliphatic heterocycles. The van der Waals surface area contributed by atoms with Crippen molar-refractivity contribution in [1.82, 2.24) is 4.90 Å². The van der Waals surface area contributed by atoms with Crippen LogP contribution in [-0.4, -0.2) is 28.9 Å². The van der Waals surface area contributed by atoms with Gasteiger partial charge in [0.15, 0.2) is 6.61 Å². The molecule has 0 spiro atoms. The molecule has 27 heavy (non-hydrogen) atoms. The van der Waals surface area contributed by atoms with E-state index in [9.17, 15) is 14.9 Å². The zero-order valence-corrected chi connectivity index (χ0v) is 15.9. The maximum atomic E-state index is 12.9. The number of benzene rings is 1.